The van der Waals surface area contributed by atoms with Crippen LogP contribution in [-0.4, -0.2) is 21.9 Å². The van der Waals surface area contributed by atoms with Gasteiger partial charge in [0.2, 0.25) is 5.91 Å². The molecule has 0 saturated carbocycles. The fourth-order valence-corrected chi connectivity index (χ4v) is 4.32. The number of amides is 1. The van der Waals surface area contributed by atoms with Gasteiger partial charge in [-0.05, 0) is 47.2 Å². The van der Waals surface area contributed by atoms with Crippen LogP contribution in [0.3, 0.4) is 0 Å². The second-order valence-electron chi connectivity index (χ2n) is 9.22. The molecule has 0 bridgehead atoms. The quantitative estimate of drug-likeness (QED) is 0.537. The van der Waals surface area contributed by atoms with Crippen molar-refractivity contribution in [2.45, 2.75) is 51.6 Å². The second kappa shape index (κ2) is 8.29. The SMILES string of the molecule is CC(C)(C)c1ccc(C2c3cccn3CCCN2C(=O)Cc2c(F)cccc2F)cc1. The number of carbonyl (C=O) groups excluding carboxylic acids is 1. The van der Waals surface area contributed by atoms with Crippen molar-refractivity contribution in [1.29, 1.82) is 0 Å². The molecule has 0 radical (unpaired) electrons. The summed E-state index contributed by atoms with van der Waals surface area (Å²) in [6.45, 7) is 7.83. The number of benzene rings is 2. The van der Waals surface area contributed by atoms with Crippen molar-refractivity contribution in [2.75, 3.05) is 6.54 Å². The van der Waals surface area contributed by atoms with Crippen molar-refractivity contribution in [2.24, 2.45) is 0 Å². The predicted octanol–water partition coefficient (Wildman–Crippen LogP) is 5.63. The van der Waals surface area contributed by atoms with Gasteiger partial charge in [0.1, 0.15) is 11.6 Å². The molecule has 1 atom stereocenters. The summed E-state index contributed by atoms with van der Waals surface area (Å²) in [5, 5.41) is 0. The molecule has 0 spiro atoms. The van der Waals surface area contributed by atoms with E-state index >= 15 is 0 Å². The topological polar surface area (TPSA) is 25.2 Å². The summed E-state index contributed by atoms with van der Waals surface area (Å²) in [5.74, 6) is -1.64. The van der Waals surface area contributed by atoms with Gasteiger partial charge in [0.25, 0.3) is 0 Å². The number of aryl methyl sites for hydroxylation is 1. The van der Waals surface area contributed by atoms with Crippen LogP contribution in [0.15, 0.2) is 60.8 Å². The summed E-state index contributed by atoms with van der Waals surface area (Å²) in [6, 6.07) is 15.8. The minimum atomic E-state index is -0.683. The van der Waals surface area contributed by atoms with Crippen molar-refractivity contribution < 1.29 is 13.6 Å². The Morgan fingerprint density at radius 3 is 2.29 bits per heavy atom. The Bertz CT molecular complexity index is 1060. The van der Waals surface area contributed by atoms with Gasteiger partial charge < -0.3 is 9.47 Å². The zero-order valence-corrected chi connectivity index (χ0v) is 18.2. The van der Waals surface area contributed by atoms with Crippen molar-refractivity contribution in [1.82, 2.24) is 9.47 Å². The highest BCUT2D eigenvalue weighted by Gasteiger charge is 2.31. The number of hydrogen-bond donors (Lipinski definition) is 0. The minimum absolute atomic E-state index is 0.0278. The molecule has 1 aliphatic rings. The molecule has 0 N–H and O–H groups in total. The molecule has 4 rings (SSSR count). The van der Waals surface area contributed by atoms with E-state index in [0.29, 0.717) is 6.54 Å². The Hall–Kier alpha value is -2.95. The maximum absolute atomic E-state index is 14.2. The average molecular weight is 423 g/mol. The number of halogens is 2. The summed E-state index contributed by atoms with van der Waals surface area (Å²) in [4.78, 5) is 15.1. The fraction of sp³-hybridized carbons (Fsp3) is 0.346. The lowest BCUT2D eigenvalue weighted by Crippen LogP contribution is -2.37. The smallest absolute Gasteiger partial charge is 0.228 e. The highest BCUT2D eigenvalue weighted by atomic mass is 19.1. The van der Waals surface area contributed by atoms with Gasteiger partial charge in [-0.1, -0.05) is 51.1 Å². The molecule has 2 heterocycles. The number of carbonyl (C=O) groups is 1. The fourth-order valence-electron chi connectivity index (χ4n) is 4.32. The third-order valence-electron chi connectivity index (χ3n) is 6.06. The van der Waals surface area contributed by atoms with E-state index in [-0.39, 0.29) is 29.3 Å². The first-order valence-corrected chi connectivity index (χ1v) is 10.7. The summed E-state index contributed by atoms with van der Waals surface area (Å²) >= 11 is 0. The van der Waals surface area contributed by atoms with E-state index in [1.54, 1.807) is 4.90 Å². The maximum atomic E-state index is 14.2. The van der Waals surface area contributed by atoms with Crippen LogP contribution in [0.5, 0.6) is 0 Å². The largest absolute Gasteiger partial charge is 0.349 e. The number of nitrogens with zero attached hydrogens (tertiary/aromatic N) is 2. The first kappa shape index (κ1) is 21.3. The number of rotatable bonds is 3. The van der Waals surface area contributed by atoms with E-state index in [4.69, 9.17) is 0 Å². The third-order valence-corrected chi connectivity index (χ3v) is 6.06. The molecule has 0 aliphatic carbocycles. The molecule has 162 valence electrons. The second-order valence-corrected chi connectivity index (χ2v) is 9.22. The first-order valence-electron chi connectivity index (χ1n) is 10.7. The van der Waals surface area contributed by atoms with Gasteiger partial charge in [0.05, 0.1) is 12.5 Å². The van der Waals surface area contributed by atoms with Gasteiger partial charge in [-0.2, -0.15) is 0 Å². The molecule has 1 aliphatic heterocycles. The summed E-state index contributed by atoms with van der Waals surface area (Å²) in [6.07, 6.45) is 2.51. The number of hydrogen-bond acceptors (Lipinski definition) is 1. The molecule has 3 nitrogen and oxygen atoms in total. The Kier molecular flexibility index (Phi) is 5.69. The van der Waals surface area contributed by atoms with Crippen LogP contribution in [0.25, 0.3) is 0 Å². The Morgan fingerprint density at radius 2 is 1.65 bits per heavy atom. The van der Waals surface area contributed by atoms with Crippen LogP contribution in [0.2, 0.25) is 0 Å². The van der Waals surface area contributed by atoms with Crippen LogP contribution >= 0.6 is 0 Å². The molecule has 2 aromatic carbocycles. The van der Waals surface area contributed by atoms with Crippen molar-refractivity contribution in [3.05, 3.63) is 94.8 Å². The van der Waals surface area contributed by atoms with Gasteiger partial charge in [-0.25, -0.2) is 8.78 Å². The van der Waals surface area contributed by atoms with E-state index in [1.807, 2.05) is 18.3 Å². The molecule has 0 saturated heterocycles. The van der Waals surface area contributed by atoms with E-state index in [0.717, 1.165) is 24.2 Å². The zero-order valence-electron chi connectivity index (χ0n) is 18.2. The normalized spacial score (nSPS) is 16.7. The Balaban J connectivity index is 1.72. The lowest BCUT2D eigenvalue weighted by atomic mass is 9.86. The van der Waals surface area contributed by atoms with E-state index in [1.165, 1.54) is 23.8 Å². The molecule has 1 unspecified atom stereocenters. The average Bonchev–Trinajstić information content (AvgIpc) is 3.10. The summed E-state index contributed by atoms with van der Waals surface area (Å²) < 4.78 is 30.6. The third kappa shape index (κ3) is 4.27. The lowest BCUT2D eigenvalue weighted by Gasteiger charge is -2.31. The Morgan fingerprint density at radius 1 is 0.968 bits per heavy atom. The van der Waals surface area contributed by atoms with Crippen LogP contribution in [0.1, 0.15) is 55.6 Å². The van der Waals surface area contributed by atoms with Crippen LogP contribution in [0, 0.1) is 11.6 Å². The maximum Gasteiger partial charge on any atom is 0.228 e. The molecule has 1 amide bonds. The van der Waals surface area contributed by atoms with E-state index in [2.05, 4.69) is 49.6 Å². The van der Waals surface area contributed by atoms with Gasteiger partial charge >= 0.3 is 0 Å². The highest BCUT2D eigenvalue weighted by Crippen LogP contribution is 2.34. The van der Waals surface area contributed by atoms with Crippen LogP contribution in [0.4, 0.5) is 8.78 Å². The predicted molar refractivity (Wildman–Crippen MR) is 118 cm³/mol. The number of fused-ring (bicyclic) bond motifs is 1. The van der Waals surface area contributed by atoms with Gasteiger partial charge in [0, 0.05) is 30.5 Å². The van der Waals surface area contributed by atoms with Crippen molar-refractivity contribution in [3.63, 3.8) is 0 Å². The molecule has 31 heavy (non-hydrogen) atoms. The molecule has 5 heteroatoms. The standard InChI is InChI=1S/C26H28F2N2O/c1-26(2,3)19-12-10-18(11-13-19)25-23-9-5-14-29(23)15-6-16-30(25)24(31)17-20-21(27)7-4-8-22(20)28/h4-5,7-14,25H,6,15-17H2,1-3H3. The van der Waals surface area contributed by atoms with Crippen LogP contribution in [-0.2, 0) is 23.2 Å². The van der Waals surface area contributed by atoms with Crippen molar-refractivity contribution in [3.8, 4) is 0 Å². The molecular weight excluding hydrogens is 394 g/mol. The van der Waals surface area contributed by atoms with E-state index in [9.17, 15) is 13.6 Å². The summed E-state index contributed by atoms with van der Waals surface area (Å²) in [5.41, 5.74) is 3.08. The Labute approximate surface area is 182 Å². The van der Waals surface area contributed by atoms with Crippen molar-refractivity contribution >= 4 is 5.91 Å². The van der Waals surface area contributed by atoms with Gasteiger partial charge in [-0.3, -0.25) is 4.79 Å². The minimum Gasteiger partial charge on any atom is -0.349 e. The van der Waals surface area contributed by atoms with E-state index < -0.39 is 11.6 Å². The first-order chi connectivity index (χ1) is 14.8. The van der Waals surface area contributed by atoms with Gasteiger partial charge in [-0.15, -0.1) is 0 Å². The van der Waals surface area contributed by atoms with Crippen LogP contribution < -0.4 is 0 Å². The molecule has 3 aromatic rings. The molecule has 0 fully saturated rings. The molecular formula is C26H28F2N2O. The zero-order chi connectivity index (χ0) is 22.2. The molecule has 1 aromatic heterocycles. The highest BCUT2D eigenvalue weighted by molar-refractivity contribution is 5.80. The monoisotopic (exact) mass is 422 g/mol. The lowest BCUT2D eigenvalue weighted by molar-refractivity contribution is -0.132. The summed E-state index contributed by atoms with van der Waals surface area (Å²) in [7, 11) is 0. The number of aromatic nitrogens is 1. The van der Waals surface area contributed by atoms with Gasteiger partial charge in [0.15, 0.2) is 0 Å².